The molecule has 0 aromatic heterocycles. The van der Waals surface area contributed by atoms with Crippen molar-refractivity contribution in [1.29, 1.82) is 0 Å². The molecule has 1 aromatic carbocycles. The normalized spacial score (nSPS) is 31.2. The summed E-state index contributed by atoms with van der Waals surface area (Å²) in [5.74, 6) is 0.764. The maximum Gasteiger partial charge on any atom is 0.159 e. The van der Waals surface area contributed by atoms with Gasteiger partial charge < -0.3 is 5.73 Å². The second kappa shape index (κ2) is 5.86. The number of rotatable bonds is 3. The molecule has 4 heteroatoms. The fourth-order valence-corrected chi connectivity index (χ4v) is 5.94. The molecular weight excluding hydrogens is 270 g/mol. The van der Waals surface area contributed by atoms with Gasteiger partial charge in [-0.3, -0.25) is 0 Å². The Morgan fingerprint density at radius 3 is 2.55 bits per heavy atom. The second-order valence-corrected chi connectivity index (χ2v) is 8.64. The van der Waals surface area contributed by atoms with Gasteiger partial charge in [0.25, 0.3) is 0 Å². The molecule has 0 amide bonds. The fourth-order valence-electron chi connectivity index (χ4n) is 3.64. The SMILES string of the molecule is Cc1cccc(CS(=O)(=O)C2C(C)CC(C)CC2N)c1. The Labute approximate surface area is 122 Å². The molecule has 2 rings (SSSR count). The van der Waals surface area contributed by atoms with Crippen LogP contribution >= 0.6 is 0 Å². The van der Waals surface area contributed by atoms with E-state index in [0.29, 0.717) is 5.92 Å². The number of benzene rings is 1. The quantitative estimate of drug-likeness (QED) is 0.932. The van der Waals surface area contributed by atoms with Gasteiger partial charge in [0.15, 0.2) is 9.84 Å². The van der Waals surface area contributed by atoms with E-state index in [1.165, 1.54) is 0 Å². The van der Waals surface area contributed by atoms with E-state index in [1.807, 2.05) is 38.1 Å². The van der Waals surface area contributed by atoms with Crippen LogP contribution in [0.3, 0.4) is 0 Å². The lowest BCUT2D eigenvalue weighted by Gasteiger charge is -2.37. The van der Waals surface area contributed by atoms with E-state index in [9.17, 15) is 8.42 Å². The van der Waals surface area contributed by atoms with Crippen molar-refractivity contribution in [3.63, 3.8) is 0 Å². The van der Waals surface area contributed by atoms with Gasteiger partial charge in [-0.05, 0) is 37.2 Å². The summed E-state index contributed by atoms with van der Waals surface area (Å²) in [6, 6.07) is 7.48. The highest BCUT2D eigenvalue weighted by molar-refractivity contribution is 7.91. The summed E-state index contributed by atoms with van der Waals surface area (Å²) < 4.78 is 25.4. The van der Waals surface area contributed by atoms with Crippen molar-refractivity contribution in [1.82, 2.24) is 0 Å². The van der Waals surface area contributed by atoms with Crippen LogP contribution in [0.1, 0.15) is 37.8 Å². The summed E-state index contributed by atoms with van der Waals surface area (Å²) in [6.07, 6.45) is 1.76. The van der Waals surface area contributed by atoms with Crippen LogP contribution in [0.5, 0.6) is 0 Å². The molecule has 1 fully saturated rings. The van der Waals surface area contributed by atoms with Crippen molar-refractivity contribution in [2.45, 2.75) is 50.7 Å². The topological polar surface area (TPSA) is 60.2 Å². The van der Waals surface area contributed by atoms with Crippen LogP contribution in [0, 0.1) is 18.8 Å². The predicted molar refractivity (Wildman–Crippen MR) is 83.1 cm³/mol. The highest BCUT2D eigenvalue weighted by Crippen LogP contribution is 2.33. The molecule has 0 radical (unpaired) electrons. The van der Waals surface area contributed by atoms with Crippen molar-refractivity contribution in [2.24, 2.45) is 17.6 Å². The predicted octanol–water partition coefficient (Wildman–Crippen LogP) is 2.67. The number of aryl methyl sites for hydroxylation is 1. The van der Waals surface area contributed by atoms with Crippen LogP contribution in [-0.4, -0.2) is 19.7 Å². The molecule has 0 heterocycles. The van der Waals surface area contributed by atoms with Gasteiger partial charge in [-0.25, -0.2) is 8.42 Å². The van der Waals surface area contributed by atoms with Crippen LogP contribution in [0.25, 0.3) is 0 Å². The summed E-state index contributed by atoms with van der Waals surface area (Å²) >= 11 is 0. The zero-order valence-corrected chi connectivity index (χ0v) is 13.4. The molecule has 1 aliphatic carbocycles. The molecule has 3 nitrogen and oxygen atoms in total. The molecule has 1 aromatic rings. The third-order valence-electron chi connectivity index (χ3n) is 4.30. The van der Waals surface area contributed by atoms with E-state index in [0.717, 1.165) is 24.0 Å². The minimum absolute atomic E-state index is 0.103. The molecule has 0 spiro atoms. The van der Waals surface area contributed by atoms with Gasteiger partial charge >= 0.3 is 0 Å². The Kier molecular flexibility index (Phi) is 4.55. The first-order valence-electron chi connectivity index (χ1n) is 7.32. The van der Waals surface area contributed by atoms with Crippen LogP contribution in [-0.2, 0) is 15.6 Å². The van der Waals surface area contributed by atoms with E-state index >= 15 is 0 Å². The van der Waals surface area contributed by atoms with E-state index in [1.54, 1.807) is 0 Å². The summed E-state index contributed by atoms with van der Waals surface area (Å²) in [7, 11) is -3.20. The summed E-state index contributed by atoms with van der Waals surface area (Å²) in [6.45, 7) is 6.15. The molecule has 2 N–H and O–H groups in total. The van der Waals surface area contributed by atoms with Gasteiger partial charge in [-0.1, -0.05) is 43.7 Å². The number of hydrogen-bond donors (Lipinski definition) is 1. The second-order valence-electron chi connectivity index (χ2n) is 6.48. The monoisotopic (exact) mass is 295 g/mol. The lowest BCUT2D eigenvalue weighted by Crippen LogP contribution is -2.49. The Morgan fingerprint density at radius 2 is 1.95 bits per heavy atom. The van der Waals surface area contributed by atoms with E-state index < -0.39 is 15.1 Å². The van der Waals surface area contributed by atoms with Crippen molar-refractivity contribution < 1.29 is 8.42 Å². The molecule has 4 atom stereocenters. The van der Waals surface area contributed by atoms with Crippen molar-refractivity contribution >= 4 is 9.84 Å². The highest BCUT2D eigenvalue weighted by Gasteiger charge is 2.40. The van der Waals surface area contributed by atoms with E-state index in [4.69, 9.17) is 5.73 Å². The van der Waals surface area contributed by atoms with Crippen LogP contribution in [0.2, 0.25) is 0 Å². The minimum Gasteiger partial charge on any atom is -0.327 e. The van der Waals surface area contributed by atoms with E-state index in [-0.39, 0.29) is 17.7 Å². The zero-order chi connectivity index (χ0) is 14.9. The molecule has 112 valence electrons. The first-order valence-corrected chi connectivity index (χ1v) is 9.04. The molecule has 20 heavy (non-hydrogen) atoms. The third-order valence-corrected chi connectivity index (χ3v) is 6.68. The van der Waals surface area contributed by atoms with Gasteiger partial charge in [0.05, 0.1) is 11.0 Å². The van der Waals surface area contributed by atoms with Crippen LogP contribution in [0.4, 0.5) is 0 Å². The molecule has 0 aliphatic heterocycles. The van der Waals surface area contributed by atoms with E-state index in [2.05, 4.69) is 6.92 Å². The summed E-state index contributed by atoms with van der Waals surface area (Å²) in [5.41, 5.74) is 8.10. The smallest absolute Gasteiger partial charge is 0.159 e. The Morgan fingerprint density at radius 1 is 1.25 bits per heavy atom. The molecule has 0 saturated heterocycles. The van der Waals surface area contributed by atoms with Gasteiger partial charge in [-0.2, -0.15) is 0 Å². The third kappa shape index (κ3) is 3.41. The first kappa shape index (κ1) is 15.5. The lowest BCUT2D eigenvalue weighted by molar-refractivity contribution is 0.271. The largest absolute Gasteiger partial charge is 0.327 e. The fraction of sp³-hybridized carbons (Fsp3) is 0.625. The maximum atomic E-state index is 12.7. The van der Waals surface area contributed by atoms with Gasteiger partial charge in [0, 0.05) is 6.04 Å². The van der Waals surface area contributed by atoms with Gasteiger partial charge in [0.2, 0.25) is 0 Å². The Hall–Kier alpha value is -0.870. The Balaban J connectivity index is 2.21. The minimum atomic E-state index is -3.20. The van der Waals surface area contributed by atoms with Crippen molar-refractivity contribution in [2.75, 3.05) is 0 Å². The number of sulfone groups is 1. The first-order chi connectivity index (χ1) is 9.29. The average Bonchev–Trinajstić information content (AvgIpc) is 2.25. The molecule has 1 saturated carbocycles. The Bertz CT molecular complexity index is 556. The number of nitrogens with two attached hydrogens (primary N) is 1. The van der Waals surface area contributed by atoms with Crippen LogP contribution in [0.15, 0.2) is 24.3 Å². The van der Waals surface area contributed by atoms with Crippen molar-refractivity contribution in [3.05, 3.63) is 35.4 Å². The summed E-state index contributed by atoms with van der Waals surface area (Å²) in [4.78, 5) is 0. The molecule has 1 aliphatic rings. The molecule has 0 bridgehead atoms. The highest BCUT2D eigenvalue weighted by atomic mass is 32.2. The molecular formula is C16H25NO2S. The lowest BCUT2D eigenvalue weighted by atomic mass is 9.80. The average molecular weight is 295 g/mol. The molecule has 4 unspecified atom stereocenters. The van der Waals surface area contributed by atoms with Crippen LogP contribution < -0.4 is 5.73 Å². The van der Waals surface area contributed by atoms with Crippen molar-refractivity contribution in [3.8, 4) is 0 Å². The maximum absolute atomic E-state index is 12.7. The zero-order valence-electron chi connectivity index (χ0n) is 12.5. The summed E-state index contributed by atoms with van der Waals surface area (Å²) in [5, 5.41) is -0.404. The number of hydrogen-bond acceptors (Lipinski definition) is 3. The van der Waals surface area contributed by atoms with Gasteiger partial charge in [-0.15, -0.1) is 0 Å². The van der Waals surface area contributed by atoms with Gasteiger partial charge in [0.1, 0.15) is 0 Å². The standard InChI is InChI=1S/C16H25NO2S/c1-11-5-4-6-14(8-11)10-20(18,19)16-13(3)7-12(2)9-15(16)17/h4-6,8,12-13,15-16H,7,9-10,17H2,1-3H3.